The number of hydrogen-bond donors (Lipinski definition) is 1. The standard InChI is InChI=1S/C16H25N3O/c1-3-12(17)13-18-19-14(20-13)16-7-10-4-11(8-16)6-15(2,5-10)9-16/h10-12H,3-9,17H2,1-2H3. The van der Waals surface area contributed by atoms with Gasteiger partial charge in [-0.1, -0.05) is 13.8 Å². The summed E-state index contributed by atoms with van der Waals surface area (Å²) in [4.78, 5) is 0. The molecule has 1 heterocycles. The fraction of sp³-hybridized carbons (Fsp3) is 0.875. The van der Waals surface area contributed by atoms with Crippen LogP contribution in [0, 0.1) is 17.3 Å². The largest absolute Gasteiger partial charge is 0.423 e. The van der Waals surface area contributed by atoms with E-state index in [1.165, 1.54) is 38.5 Å². The highest BCUT2D eigenvalue weighted by molar-refractivity contribution is 5.17. The lowest BCUT2D eigenvalue weighted by atomic mass is 9.44. The predicted molar refractivity (Wildman–Crippen MR) is 76.0 cm³/mol. The topological polar surface area (TPSA) is 64.9 Å². The van der Waals surface area contributed by atoms with E-state index >= 15 is 0 Å². The second-order valence-electron chi connectivity index (χ2n) is 8.01. The molecule has 2 N–H and O–H groups in total. The quantitative estimate of drug-likeness (QED) is 0.918. The van der Waals surface area contributed by atoms with Crippen LogP contribution < -0.4 is 5.73 Å². The van der Waals surface area contributed by atoms with Gasteiger partial charge in [0.2, 0.25) is 11.8 Å². The summed E-state index contributed by atoms with van der Waals surface area (Å²) in [5, 5.41) is 8.63. The summed E-state index contributed by atoms with van der Waals surface area (Å²) >= 11 is 0. The molecule has 4 aliphatic rings. The molecule has 20 heavy (non-hydrogen) atoms. The first-order chi connectivity index (χ1) is 9.52. The summed E-state index contributed by atoms with van der Waals surface area (Å²) in [5.41, 5.74) is 6.70. The van der Waals surface area contributed by atoms with Crippen LogP contribution in [0.15, 0.2) is 4.42 Å². The number of rotatable bonds is 3. The molecule has 4 saturated carbocycles. The maximum Gasteiger partial charge on any atom is 0.233 e. The molecule has 0 spiro atoms. The number of nitrogens with two attached hydrogens (primary N) is 1. The van der Waals surface area contributed by atoms with Gasteiger partial charge in [-0.3, -0.25) is 0 Å². The Morgan fingerprint density at radius 3 is 2.55 bits per heavy atom. The molecular formula is C16H25N3O. The molecule has 110 valence electrons. The lowest BCUT2D eigenvalue weighted by Gasteiger charge is -2.60. The van der Waals surface area contributed by atoms with Crippen molar-refractivity contribution in [3.05, 3.63) is 11.8 Å². The van der Waals surface area contributed by atoms with Gasteiger partial charge in [0.25, 0.3) is 0 Å². The van der Waals surface area contributed by atoms with Crippen molar-refractivity contribution in [3.63, 3.8) is 0 Å². The minimum absolute atomic E-state index is 0.110. The molecule has 3 atom stereocenters. The van der Waals surface area contributed by atoms with Crippen LogP contribution in [0.4, 0.5) is 0 Å². The van der Waals surface area contributed by atoms with E-state index in [0.717, 1.165) is 24.1 Å². The van der Waals surface area contributed by atoms with Crippen LogP contribution in [0.1, 0.15) is 76.6 Å². The molecule has 4 heteroatoms. The van der Waals surface area contributed by atoms with E-state index in [0.29, 0.717) is 11.3 Å². The second-order valence-corrected chi connectivity index (χ2v) is 8.01. The van der Waals surface area contributed by atoms with E-state index in [4.69, 9.17) is 10.2 Å². The number of aromatic nitrogens is 2. The minimum Gasteiger partial charge on any atom is -0.423 e. The average molecular weight is 275 g/mol. The van der Waals surface area contributed by atoms with Gasteiger partial charge in [0.1, 0.15) is 0 Å². The number of nitrogens with zero attached hydrogens (tertiary/aromatic N) is 2. The van der Waals surface area contributed by atoms with Gasteiger partial charge in [0.15, 0.2) is 0 Å². The Labute approximate surface area is 120 Å². The summed E-state index contributed by atoms with van der Waals surface area (Å²) in [6.07, 6.45) is 8.81. The SMILES string of the molecule is CCC(N)c1nnc(C23CC4CC(CC(C)(C4)C2)C3)o1. The minimum atomic E-state index is -0.110. The Morgan fingerprint density at radius 2 is 1.95 bits per heavy atom. The van der Waals surface area contributed by atoms with Crippen LogP contribution in [0.3, 0.4) is 0 Å². The first-order valence-corrected chi connectivity index (χ1v) is 8.11. The summed E-state index contributed by atoms with van der Waals surface area (Å²) in [6.45, 7) is 4.52. The van der Waals surface area contributed by atoms with Crippen molar-refractivity contribution in [2.75, 3.05) is 0 Å². The predicted octanol–water partition coefficient (Wildman–Crippen LogP) is 3.34. The van der Waals surface area contributed by atoms with E-state index < -0.39 is 0 Å². The molecule has 0 aliphatic heterocycles. The fourth-order valence-electron chi connectivity index (χ4n) is 5.74. The lowest BCUT2D eigenvalue weighted by Crippen LogP contribution is -2.53. The Morgan fingerprint density at radius 1 is 1.25 bits per heavy atom. The average Bonchev–Trinajstić information content (AvgIpc) is 2.85. The van der Waals surface area contributed by atoms with E-state index in [1.807, 2.05) is 0 Å². The maximum atomic E-state index is 6.03. The molecule has 0 radical (unpaired) electrons. The monoisotopic (exact) mass is 275 g/mol. The zero-order chi connectivity index (χ0) is 14.0. The molecule has 4 bridgehead atoms. The molecule has 4 nitrogen and oxygen atoms in total. The van der Waals surface area contributed by atoms with Gasteiger partial charge in [-0.25, -0.2) is 0 Å². The van der Waals surface area contributed by atoms with E-state index in [1.54, 1.807) is 0 Å². The van der Waals surface area contributed by atoms with Crippen molar-refractivity contribution < 1.29 is 4.42 Å². The fourth-order valence-corrected chi connectivity index (χ4v) is 5.74. The molecule has 5 rings (SSSR count). The van der Waals surface area contributed by atoms with Crippen LogP contribution in [0.5, 0.6) is 0 Å². The zero-order valence-corrected chi connectivity index (χ0v) is 12.6. The second kappa shape index (κ2) is 4.06. The highest BCUT2D eigenvalue weighted by Crippen LogP contribution is 2.65. The van der Waals surface area contributed by atoms with Crippen molar-refractivity contribution in [3.8, 4) is 0 Å². The van der Waals surface area contributed by atoms with E-state index in [2.05, 4.69) is 24.0 Å². The molecule has 0 saturated heterocycles. The van der Waals surface area contributed by atoms with Crippen LogP contribution in [0.2, 0.25) is 0 Å². The third-order valence-corrected chi connectivity index (χ3v) is 6.00. The summed E-state index contributed by atoms with van der Waals surface area (Å²) in [5.74, 6) is 3.26. The maximum absolute atomic E-state index is 6.03. The third-order valence-electron chi connectivity index (χ3n) is 6.00. The van der Waals surface area contributed by atoms with Crippen LogP contribution >= 0.6 is 0 Å². The Bertz CT molecular complexity index is 510. The van der Waals surface area contributed by atoms with Gasteiger partial charge in [-0.2, -0.15) is 0 Å². The summed E-state index contributed by atoms with van der Waals surface area (Å²) < 4.78 is 6.02. The van der Waals surface area contributed by atoms with Crippen molar-refractivity contribution in [2.45, 2.75) is 70.3 Å². The molecule has 4 aliphatic carbocycles. The van der Waals surface area contributed by atoms with Crippen LogP contribution in [-0.4, -0.2) is 10.2 Å². The molecule has 0 aromatic carbocycles. The molecule has 1 aromatic heterocycles. The van der Waals surface area contributed by atoms with Gasteiger partial charge in [0, 0.05) is 5.41 Å². The van der Waals surface area contributed by atoms with E-state index in [-0.39, 0.29) is 11.5 Å². The first kappa shape index (κ1) is 12.8. The van der Waals surface area contributed by atoms with Crippen molar-refractivity contribution in [1.82, 2.24) is 10.2 Å². The van der Waals surface area contributed by atoms with Gasteiger partial charge in [-0.05, 0) is 62.2 Å². The van der Waals surface area contributed by atoms with E-state index in [9.17, 15) is 0 Å². The zero-order valence-electron chi connectivity index (χ0n) is 12.6. The Hall–Kier alpha value is -0.900. The molecular weight excluding hydrogens is 250 g/mol. The first-order valence-electron chi connectivity index (χ1n) is 8.11. The van der Waals surface area contributed by atoms with Crippen molar-refractivity contribution in [2.24, 2.45) is 23.0 Å². The molecule has 0 amide bonds. The smallest absolute Gasteiger partial charge is 0.233 e. The highest BCUT2D eigenvalue weighted by atomic mass is 16.4. The highest BCUT2D eigenvalue weighted by Gasteiger charge is 2.58. The summed E-state index contributed by atoms with van der Waals surface area (Å²) in [7, 11) is 0. The van der Waals surface area contributed by atoms with Gasteiger partial charge < -0.3 is 10.2 Å². The Balaban J connectivity index is 1.69. The third kappa shape index (κ3) is 1.77. The van der Waals surface area contributed by atoms with Gasteiger partial charge in [-0.15, -0.1) is 10.2 Å². The summed E-state index contributed by atoms with van der Waals surface area (Å²) in [6, 6.07) is -0.110. The molecule has 3 unspecified atom stereocenters. The van der Waals surface area contributed by atoms with Crippen LogP contribution in [-0.2, 0) is 5.41 Å². The van der Waals surface area contributed by atoms with Crippen molar-refractivity contribution >= 4 is 0 Å². The van der Waals surface area contributed by atoms with Crippen molar-refractivity contribution in [1.29, 1.82) is 0 Å². The lowest BCUT2D eigenvalue weighted by molar-refractivity contribution is -0.0713. The number of hydrogen-bond acceptors (Lipinski definition) is 4. The molecule has 1 aromatic rings. The normalized spacial score (nSPS) is 44.0. The van der Waals surface area contributed by atoms with Gasteiger partial charge >= 0.3 is 0 Å². The van der Waals surface area contributed by atoms with Crippen LogP contribution in [0.25, 0.3) is 0 Å². The van der Waals surface area contributed by atoms with Gasteiger partial charge in [0.05, 0.1) is 6.04 Å². The Kier molecular flexibility index (Phi) is 2.60. The molecule has 4 fully saturated rings.